The highest BCUT2D eigenvalue weighted by atomic mass is 16.5. The summed E-state index contributed by atoms with van der Waals surface area (Å²) in [6.45, 7) is 6.86. The van der Waals surface area contributed by atoms with Crippen molar-refractivity contribution in [3.05, 3.63) is 29.8 Å². The normalized spacial score (nSPS) is 22.0. The second-order valence-corrected chi connectivity index (χ2v) is 6.76. The number of rotatable bonds is 5. The van der Waals surface area contributed by atoms with Gasteiger partial charge in [-0.15, -0.1) is 0 Å². The molecule has 1 saturated heterocycles. The second-order valence-electron chi connectivity index (χ2n) is 6.76. The van der Waals surface area contributed by atoms with E-state index in [0.717, 1.165) is 18.7 Å². The number of anilines is 1. The summed E-state index contributed by atoms with van der Waals surface area (Å²) in [7, 11) is 5.92. The number of morpholine rings is 1. The third-order valence-corrected chi connectivity index (χ3v) is 4.15. The van der Waals surface area contributed by atoms with E-state index in [0.29, 0.717) is 13.1 Å². The van der Waals surface area contributed by atoms with E-state index in [9.17, 15) is 4.79 Å². The van der Waals surface area contributed by atoms with Crippen molar-refractivity contribution in [2.24, 2.45) is 0 Å². The Morgan fingerprint density at radius 1 is 1.13 bits per heavy atom. The first kappa shape index (κ1) is 17.8. The summed E-state index contributed by atoms with van der Waals surface area (Å²) in [6, 6.07) is 8.33. The number of carbonyl (C=O) groups excluding carboxylic acids is 1. The van der Waals surface area contributed by atoms with Gasteiger partial charge < -0.3 is 14.5 Å². The lowest BCUT2D eigenvalue weighted by Gasteiger charge is -2.35. The molecule has 0 unspecified atom stereocenters. The van der Waals surface area contributed by atoms with Crippen molar-refractivity contribution < 1.29 is 9.53 Å². The smallest absolute Gasteiger partial charge is 0.236 e. The van der Waals surface area contributed by atoms with Crippen molar-refractivity contribution in [2.45, 2.75) is 32.6 Å². The van der Waals surface area contributed by atoms with Gasteiger partial charge in [0.05, 0.1) is 18.8 Å². The van der Waals surface area contributed by atoms with Crippen molar-refractivity contribution in [3.63, 3.8) is 0 Å². The molecule has 0 bridgehead atoms. The fourth-order valence-corrected chi connectivity index (χ4v) is 2.99. The molecule has 0 aromatic heterocycles. The summed E-state index contributed by atoms with van der Waals surface area (Å²) in [5.41, 5.74) is 2.31. The quantitative estimate of drug-likeness (QED) is 0.829. The molecule has 0 saturated carbocycles. The summed E-state index contributed by atoms with van der Waals surface area (Å²) in [5, 5.41) is 0. The Morgan fingerprint density at radius 3 is 2.22 bits per heavy atom. The molecule has 128 valence electrons. The summed E-state index contributed by atoms with van der Waals surface area (Å²) < 4.78 is 5.71. The molecule has 1 aromatic rings. The van der Waals surface area contributed by atoms with Crippen molar-refractivity contribution in [1.82, 2.24) is 9.80 Å². The van der Waals surface area contributed by atoms with Gasteiger partial charge in [-0.25, -0.2) is 0 Å². The summed E-state index contributed by atoms with van der Waals surface area (Å²) in [6.07, 6.45) is 0.380. The van der Waals surface area contributed by atoms with Gasteiger partial charge in [0.15, 0.2) is 0 Å². The number of carbonyl (C=O) groups is 1. The molecule has 0 spiro atoms. The number of ether oxygens (including phenoxy) is 1. The lowest BCUT2D eigenvalue weighted by atomic mass is 10.2. The molecular weight excluding hydrogens is 290 g/mol. The van der Waals surface area contributed by atoms with E-state index >= 15 is 0 Å². The topological polar surface area (TPSA) is 36.0 Å². The fourth-order valence-electron chi connectivity index (χ4n) is 2.99. The molecule has 2 rings (SSSR count). The van der Waals surface area contributed by atoms with Gasteiger partial charge >= 0.3 is 0 Å². The van der Waals surface area contributed by atoms with Gasteiger partial charge in [-0.3, -0.25) is 9.69 Å². The van der Waals surface area contributed by atoms with Crippen LogP contribution in [0.15, 0.2) is 24.3 Å². The van der Waals surface area contributed by atoms with Crippen molar-refractivity contribution in [2.75, 3.05) is 45.7 Å². The van der Waals surface area contributed by atoms with E-state index in [-0.39, 0.29) is 18.1 Å². The molecule has 1 aliphatic heterocycles. The zero-order valence-electron chi connectivity index (χ0n) is 15.0. The van der Waals surface area contributed by atoms with Crippen LogP contribution in [-0.4, -0.2) is 68.7 Å². The molecular formula is C18H29N3O2. The second kappa shape index (κ2) is 7.79. The lowest BCUT2D eigenvalue weighted by molar-refractivity contribution is -0.135. The van der Waals surface area contributed by atoms with E-state index in [1.807, 2.05) is 21.1 Å². The standard InChI is InChI=1S/C18H29N3O2/c1-14-10-21(11-15(2)23-14)13-18(22)20(5)12-16-6-8-17(9-7-16)19(3)4/h6-9,14-15H,10-13H2,1-5H3/t14-,15+. The zero-order chi connectivity index (χ0) is 17.0. The maximum Gasteiger partial charge on any atom is 0.236 e. The minimum absolute atomic E-state index is 0.156. The molecule has 0 aliphatic carbocycles. The Bertz CT molecular complexity index is 506. The molecule has 1 aliphatic rings. The van der Waals surface area contributed by atoms with E-state index in [1.165, 1.54) is 5.69 Å². The van der Waals surface area contributed by atoms with Crippen LogP contribution in [0.1, 0.15) is 19.4 Å². The Hall–Kier alpha value is -1.59. The van der Waals surface area contributed by atoms with E-state index in [1.54, 1.807) is 4.90 Å². The number of amides is 1. The van der Waals surface area contributed by atoms with Crippen molar-refractivity contribution in [1.29, 1.82) is 0 Å². The Morgan fingerprint density at radius 2 is 1.70 bits per heavy atom. The van der Waals surface area contributed by atoms with E-state index in [2.05, 4.69) is 47.9 Å². The molecule has 0 radical (unpaired) electrons. The fraction of sp³-hybridized carbons (Fsp3) is 0.611. The average molecular weight is 319 g/mol. The molecule has 1 fully saturated rings. The third kappa shape index (κ3) is 5.22. The van der Waals surface area contributed by atoms with Gasteiger partial charge in [-0.2, -0.15) is 0 Å². The Kier molecular flexibility index (Phi) is 6.02. The number of likely N-dealkylation sites (N-methyl/N-ethyl adjacent to an activating group) is 1. The highest BCUT2D eigenvalue weighted by molar-refractivity contribution is 5.78. The predicted octanol–water partition coefficient (Wildman–Crippen LogP) is 1.82. The van der Waals surface area contributed by atoms with Crippen molar-refractivity contribution >= 4 is 11.6 Å². The maximum absolute atomic E-state index is 12.4. The van der Waals surface area contributed by atoms with Crippen LogP contribution in [0.2, 0.25) is 0 Å². The molecule has 0 N–H and O–H groups in total. The van der Waals surface area contributed by atoms with E-state index < -0.39 is 0 Å². The monoisotopic (exact) mass is 319 g/mol. The molecule has 1 amide bonds. The van der Waals surface area contributed by atoms with Crippen LogP contribution in [0, 0.1) is 0 Å². The van der Waals surface area contributed by atoms with Crippen LogP contribution in [0.25, 0.3) is 0 Å². The highest BCUT2D eigenvalue weighted by Gasteiger charge is 2.24. The van der Waals surface area contributed by atoms with E-state index in [4.69, 9.17) is 4.74 Å². The molecule has 1 heterocycles. The van der Waals surface area contributed by atoms with Crippen LogP contribution in [0.5, 0.6) is 0 Å². The first-order valence-corrected chi connectivity index (χ1v) is 8.23. The van der Waals surface area contributed by atoms with Crippen LogP contribution < -0.4 is 4.90 Å². The molecule has 2 atom stereocenters. The minimum atomic E-state index is 0.156. The summed E-state index contributed by atoms with van der Waals surface area (Å²) in [5.74, 6) is 0.156. The van der Waals surface area contributed by atoms with Gasteiger partial charge in [-0.1, -0.05) is 12.1 Å². The third-order valence-electron chi connectivity index (χ3n) is 4.15. The van der Waals surface area contributed by atoms with Crippen molar-refractivity contribution in [3.8, 4) is 0 Å². The Labute approximate surface area is 139 Å². The maximum atomic E-state index is 12.4. The van der Waals surface area contributed by atoms with Crippen LogP contribution in [0.3, 0.4) is 0 Å². The number of benzene rings is 1. The van der Waals surface area contributed by atoms with Gasteiger partial charge in [0.25, 0.3) is 0 Å². The number of hydrogen-bond acceptors (Lipinski definition) is 4. The molecule has 5 heteroatoms. The van der Waals surface area contributed by atoms with Crippen LogP contribution >= 0.6 is 0 Å². The molecule has 23 heavy (non-hydrogen) atoms. The highest BCUT2D eigenvalue weighted by Crippen LogP contribution is 2.14. The number of hydrogen-bond donors (Lipinski definition) is 0. The van der Waals surface area contributed by atoms with Crippen LogP contribution in [-0.2, 0) is 16.1 Å². The van der Waals surface area contributed by atoms with Gasteiger partial charge in [0.1, 0.15) is 0 Å². The lowest BCUT2D eigenvalue weighted by Crippen LogP contribution is -2.49. The largest absolute Gasteiger partial charge is 0.378 e. The van der Waals surface area contributed by atoms with Crippen LogP contribution in [0.4, 0.5) is 5.69 Å². The SMILES string of the molecule is C[C@@H]1CN(CC(=O)N(C)Cc2ccc(N(C)C)cc2)C[C@H](C)O1. The predicted molar refractivity (Wildman–Crippen MR) is 93.7 cm³/mol. The van der Waals surface area contributed by atoms with Gasteiger partial charge in [0.2, 0.25) is 5.91 Å². The first-order valence-electron chi connectivity index (χ1n) is 8.23. The molecule has 1 aromatic carbocycles. The zero-order valence-corrected chi connectivity index (χ0v) is 15.0. The Balaban J connectivity index is 1.87. The summed E-state index contributed by atoms with van der Waals surface area (Å²) in [4.78, 5) is 18.5. The minimum Gasteiger partial charge on any atom is -0.378 e. The van der Waals surface area contributed by atoms with Gasteiger partial charge in [-0.05, 0) is 31.5 Å². The number of nitrogens with zero attached hydrogens (tertiary/aromatic N) is 3. The average Bonchev–Trinajstić information content (AvgIpc) is 2.46. The first-order chi connectivity index (χ1) is 10.8. The molecule has 5 nitrogen and oxygen atoms in total. The summed E-state index contributed by atoms with van der Waals surface area (Å²) >= 11 is 0. The van der Waals surface area contributed by atoms with Gasteiger partial charge in [0, 0.05) is 46.5 Å².